The molecule has 2 N–H and O–H groups in total. The number of benzene rings is 2. The van der Waals surface area contributed by atoms with Gasteiger partial charge in [-0.1, -0.05) is 32.0 Å². The lowest BCUT2D eigenvalue weighted by Crippen LogP contribution is -2.39. The van der Waals surface area contributed by atoms with Gasteiger partial charge in [0.05, 0.1) is 10.6 Å². The second-order valence-electron chi connectivity index (χ2n) is 5.56. The van der Waals surface area contributed by atoms with E-state index in [1.54, 1.807) is 0 Å². The first-order valence-corrected chi connectivity index (χ1v) is 9.42. The van der Waals surface area contributed by atoms with Gasteiger partial charge in [0.25, 0.3) is 10.0 Å². The number of halogens is 1. The quantitative estimate of drug-likeness (QED) is 0.820. The van der Waals surface area contributed by atoms with Gasteiger partial charge in [-0.3, -0.25) is 9.10 Å². The standard InChI is InChI=1S/C18H21FN2O3S/c1-3-13-6-5-7-14(4-2)18(13)21(12-17(20)22)25(23,24)16-10-8-15(19)9-11-16/h5-11H,3-4,12H2,1-2H3,(H2,20,22). The number of sulfonamides is 1. The zero-order chi connectivity index (χ0) is 18.6. The zero-order valence-corrected chi connectivity index (χ0v) is 15.0. The third-order valence-electron chi connectivity index (χ3n) is 3.92. The first kappa shape index (κ1) is 18.9. The minimum atomic E-state index is -4.07. The van der Waals surface area contributed by atoms with Crippen LogP contribution in [0.25, 0.3) is 0 Å². The molecule has 0 heterocycles. The van der Waals surface area contributed by atoms with Crippen LogP contribution in [0.1, 0.15) is 25.0 Å². The van der Waals surface area contributed by atoms with Crippen molar-refractivity contribution in [1.29, 1.82) is 0 Å². The van der Waals surface area contributed by atoms with Gasteiger partial charge in [0.2, 0.25) is 5.91 Å². The highest BCUT2D eigenvalue weighted by Gasteiger charge is 2.29. The van der Waals surface area contributed by atoms with Crippen molar-refractivity contribution in [2.45, 2.75) is 31.6 Å². The number of hydrogen-bond acceptors (Lipinski definition) is 3. The number of aryl methyl sites for hydroxylation is 2. The fraction of sp³-hybridized carbons (Fsp3) is 0.278. The number of carbonyl (C=O) groups excluding carboxylic acids is 1. The van der Waals surface area contributed by atoms with Crippen LogP contribution in [-0.2, 0) is 27.7 Å². The number of primary amides is 1. The molecule has 2 aromatic carbocycles. The van der Waals surface area contributed by atoms with Gasteiger partial charge in [-0.2, -0.15) is 0 Å². The zero-order valence-electron chi connectivity index (χ0n) is 14.2. The van der Waals surface area contributed by atoms with Crippen molar-refractivity contribution in [1.82, 2.24) is 0 Å². The predicted molar refractivity (Wildman–Crippen MR) is 95.3 cm³/mol. The number of nitrogens with zero attached hydrogens (tertiary/aromatic N) is 1. The molecular formula is C18H21FN2O3S. The van der Waals surface area contributed by atoms with Crippen LogP contribution in [-0.4, -0.2) is 20.9 Å². The number of anilines is 1. The maximum absolute atomic E-state index is 13.2. The van der Waals surface area contributed by atoms with Gasteiger partial charge in [-0.15, -0.1) is 0 Å². The van der Waals surface area contributed by atoms with E-state index >= 15 is 0 Å². The predicted octanol–water partition coefficient (Wildman–Crippen LogP) is 2.63. The van der Waals surface area contributed by atoms with Crippen LogP contribution in [0, 0.1) is 5.82 Å². The molecule has 0 radical (unpaired) electrons. The molecule has 25 heavy (non-hydrogen) atoms. The molecule has 0 aliphatic carbocycles. The maximum Gasteiger partial charge on any atom is 0.264 e. The van der Waals surface area contributed by atoms with Crippen LogP contribution >= 0.6 is 0 Å². The lowest BCUT2D eigenvalue weighted by Gasteiger charge is -2.27. The topological polar surface area (TPSA) is 80.5 Å². The van der Waals surface area contributed by atoms with Gasteiger partial charge in [0.1, 0.15) is 12.4 Å². The fourth-order valence-electron chi connectivity index (χ4n) is 2.70. The molecule has 1 amide bonds. The highest BCUT2D eigenvalue weighted by Crippen LogP contribution is 2.31. The number of para-hydroxylation sites is 1. The molecule has 134 valence electrons. The molecule has 0 bridgehead atoms. The van der Waals surface area contributed by atoms with E-state index in [0.29, 0.717) is 18.5 Å². The Balaban J connectivity index is 2.69. The molecule has 0 aliphatic rings. The Labute approximate surface area is 147 Å². The van der Waals surface area contributed by atoms with E-state index in [4.69, 9.17) is 5.73 Å². The number of rotatable bonds is 7. The Morgan fingerprint density at radius 2 is 1.56 bits per heavy atom. The van der Waals surface area contributed by atoms with E-state index in [1.165, 1.54) is 12.1 Å². The summed E-state index contributed by atoms with van der Waals surface area (Å²) < 4.78 is 40.4. The van der Waals surface area contributed by atoms with E-state index in [-0.39, 0.29) is 4.90 Å². The molecule has 2 rings (SSSR count). The number of nitrogens with two attached hydrogens (primary N) is 1. The molecule has 0 aliphatic heterocycles. The van der Waals surface area contributed by atoms with Crippen LogP contribution in [0.2, 0.25) is 0 Å². The Kier molecular flexibility index (Phi) is 5.79. The van der Waals surface area contributed by atoms with E-state index in [9.17, 15) is 17.6 Å². The molecule has 2 aromatic rings. The Hall–Kier alpha value is -2.41. The monoisotopic (exact) mass is 364 g/mol. The highest BCUT2D eigenvalue weighted by molar-refractivity contribution is 7.92. The van der Waals surface area contributed by atoms with Crippen LogP contribution < -0.4 is 10.0 Å². The van der Waals surface area contributed by atoms with Gasteiger partial charge >= 0.3 is 0 Å². The molecule has 0 aromatic heterocycles. The van der Waals surface area contributed by atoms with Crippen molar-refractivity contribution in [3.8, 4) is 0 Å². The Morgan fingerprint density at radius 3 is 2.00 bits per heavy atom. The summed E-state index contributed by atoms with van der Waals surface area (Å²) in [6, 6.07) is 10.0. The third-order valence-corrected chi connectivity index (χ3v) is 5.68. The summed E-state index contributed by atoms with van der Waals surface area (Å²) in [6.07, 6.45) is 1.19. The molecule has 0 spiro atoms. The van der Waals surface area contributed by atoms with E-state index in [0.717, 1.165) is 27.6 Å². The second kappa shape index (κ2) is 7.65. The lowest BCUT2D eigenvalue weighted by molar-refractivity contribution is -0.116. The van der Waals surface area contributed by atoms with E-state index in [1.807, 2.05) is 32.0 Å². The molecule has 0 atom stereocenters. The van der Waals surface area contributed by atoms with Crippen molar-refractivity contribution >= 4 is 21.6 Å². The second-order valence-corrected chi connectivity index (χ2v) is 7.43. The Bertz CT molecular complexity index is 842. The lowest BCUT2D eigenvalue weighted by atomic mass is 10.0. The summed E-state index contributed by atoms with van der Waals surface area (Å²) in [7, 11) is -4.07. The van der Waals surface area contributed by atoms with Crippen molar-refractivity contribution in [2.24, 2.45) is 5.73 Å². The average Bonchev–Trinajstić information content (AvgIpc) is 2.59. The maximum atomic E-state index is 13.2. The minimum absolute atomic E-state index is 0.0943. The molecule has 0 unspecified atom stereocenters. The molecule has 0 saturated carbocycles. The van der Waals surface area contributed by atoms with Crippen molar-refractivity contribution in [2.75, 3.05) is 10.8 Å². The summed E-state index contributed by atoms with van der Waals surface area (Å²) in [4.78, 5) is 11.5. The highest BCUT2D eigenvalue weighted by atomic mass is 32.2. The Morgan fingerprint density at radius 1 is 1.04 bits per heavy atom. The van der Waals surface area contributed by atoms with Crippen molar-refractivity contribution in [3.05, 3.63) is 59.4 Å². The van der Waals surface area contributed by atoms with Crippen molar-refractivity contribution < 1.29 is 17.6 Å². The van der Waals surface area contributed by atoms with Gasteiger partial charge in [-0.25, -0.2) is 12.8 Å². The van der Waals surface area contributed by atoms with Crippen LogP contribution in [0.4, 0.5) is 10.1 Å². The van der Waals surface area contributed by atoms with Crippen molar-refractivity contribution in [3.63, 3.8) is 0 Å². The van der Waals surface area contributed by atoms with Gasteiger partial charge in [0, 0.05) is 0 Å². The number of amides is 1. The summed E-state index contributed by atoms with van der Waals surface area (Å²) in [6.45, 7) is 3.33. The minimum Gasteiger partial charge on any atom is -0.368 e. The SMILES string of the molecule is CCc1cccc(CC)c1N(CC(N)=O)S(=O)(=O)c1ccc(F)cc1. The van der Waals surface area contributed by atoms with Crippen LogP contribution in [0.3, 0.4) is 0 Å². The number of carbonyl (C=O) groups is 1. The van der Waals surface area contributed by atoms with Gasteiger partial charge in [0.15, 0.2) is 0 Å². The van der Waals surface area contributed by atoms with Crippen LogP contribution in [0.15, 0.2) is 47.4 Å². The molecule has 0 fully saturated rings. The van der Waals surface area contributed by atoms with E-state index in [2.05, 4.69) is 0 Å². The summed E-state index contributed by atoms with van der Waals surface area (Å²) in [5.41, 5.74) is 7.37. The van der Waals surface area contributed by atoms with Gasteiger partial charge < -0.3 is 5.73 Å². The fourth-order valence-corrected chi connectivity index (χ4v) is 4.20. The third kappa shape index (κ3) is 3.99. The average molecular weight is 364 g/mol. The summed E-state index contributed by atoms with van der Waals surface area (Å²) in [5.74, 6) is -1.30. The molecular weight excluding hydrogens is 343 g/mol. The molecule has 0 saturated heterocycles. The van der Waals surface area contributed by atoms with Crippen LogP contribution in [0.5, 0.6) is 0 Å². The summed E-state index contributed by atoms with van der Waals surface area (Å²) >= 11 is 0. The van der Waals surface area contributed by atoms with E-state index < -0.39 is 28.3 Å². The normalized spacial score (nSPS) is 11.3. The first-order chi connectivity index (χ1) is 11.8. The molecule has 5 nitrogen and oxygen atoms in total. The van der Waals surface area contributed by atoms with Gasteiger partial charge in [-0.05, 0) is 48.2 Å². The summed E-state index contributed by atoms with van der Waals surface area (Å²) in [5, 5.41) is 0. The smallest absolute Gasteiger partial charge is 0.264 e. The largest absolute Gasteiger partial charge is 0.368 e. The first-order valence-electron chi connectivity index (χ1n) is 7.98. The molecule has 7 heteroatoms. The number of hydrogen-bond donors (Lipinski definition) is 1.